The fourth-order valence-electron chi connectivity index (χ4n) is 3.34. The van der Waals surface area contributed by atoms with Crippen molar-refractivity contribution in [2.45, 2.75) is 30.6 Å². The molecule has 124 valence electrons. The lowest BCUT2D eigenvalue weighted by atomic mass is 9.93. The van der Waals surface area contributed by atoms with Crippen molar-refractivity contribution in [3.05, 3.63) is 42.2 Å². The first kappa shape index (κ1) is 16.1. The van der Waals surface area contributed by atoms with Crippen LogP contribution >= 0.6 is 0 Å². The maximum absolute atomic E-state index is 12.3. The van der Waals surface area contributed by atoms with Crippen molar-refractivity contribution in [3.8, 4) is 0 Å². The van der Waals surface area contributed by atoms with Crippen LogP contribution in [0.15, 0.2) is 41.4 Å². The lowest BCUT2D eigenvalue weighted by Gasteiger charge is -2.34. The van der Waals surface area contributed by atoms with Gasteiger partial charge >= 0.3 is 0 Å². The molecule has 0 radical (unpaired) electrons. The molecule has 2 heterocycles. The van der Waals surface area contributed by atoms with E-state index in [0.29, 0.717) is 10.8 Å². The van der Waals surface area contributed by atoms with E-state index in [1.807, 2.05) is 30.1 Å². The summed E-state index contributed by atoms with van der Waals surface area (Å²) in [6.07, 6.45) is 3.87. The predicted octanol–water partition coefficient (Wildman–Crippen LogP) is 2.60. The molecule has 0 amide bonds. The van der Waals surface area contributed by atoms with E-state index in [4.69, 9.17) is 0 Å². The van der Waals surface area contributed by atoms with Gasteiger partial charge in [-0.25, -0.2) is 8.42 Å². The number of piperidine rings is 1. The molecule has 0 atom stereocenters. The smallest absolute Gasteiger partial charge is 0.180 e. The summed E-state index contributed by atoms with van der Waals surface area (Å²) < 4.78 is 26.6. The molecule has 1 aromatic carbocycles. The molecular formula is C17H23N3O2S. The Morgan fingerprint density at radius 1 is 1.17 bits per heavy atom. The van der Waals surface area contributed by atoms with Gasteiger partial charge in [0.2, 0.25) is 0 Å². The van der Waals surface area contributed by atoms with E-state index >= 15 is 0 Å². The van der Waals surface area contributed by atoms with Crippen molar-refractivity contribution in [3.63, 3.8) is 0 Å². The zero-order valence-corrected chi connectivity index (χ0v) is 14.5. The topological polar surface area (TPSA) is 55.2 Å². The number of para-hydroxylation sites is 1. The van der Waals surface area contributed by atoms with Crippen LogP contribution in [-0.2, 0) is 16.9 Å². The predicted molar refractivity (Wildman–Crippen MR) is 91.6 cm³/mol. The van der Waals surface area contributed by atoms with Gasteiger partial charge in [-0.3, -0.25) is 4.68 Å². The lowest BCUT2D eigenvalue weighted by molar-refractivity contribution is 0.476. The van der Waals surface area contributed by atoms with Crippen molar-refractivity contribution >= 4 is 15.5 Å². The summed E-state index contributed by atoms with van der Waals surface area (Å²) in [5.41, 5.74) is 2.11. The molecule has 2 aromatic rings. The Bertz CT molecular complexity index is 775. The molecule has 0 N–H and O–H groups in total. The number of aromatic nitrogens is 2. The van der Waals surface area contributed by atoms with Crippen LogP contribution < -0.4 is 4.90 Å². The first-order chi connectivity index (χ1) is 11.0. The van der Waals surface area contributed by atoms with E-state index in [0.717, 1.165) is 31.6 Å². The normalized spacial score (nSPS) is 16.7. The summed E-state index contributed by atoms with van der Waals surface area (Å²) in [6, 6.07) is 9.44. The second-order valence-corrected chi connectivity index (χ2v) is 8.26. The molecule has 1 saturated heterocycles. The van der Waals surface area contributed by atoms with Crippen LogP contribution in [0.5, 0.6) is 0 Å². The van der Waals surface area contributed by atoms with Crippen LogP contribution in [0.1, 0.15) is 31.4 Å². The Hall–Kier alpha value is -1.82. The Morgan fingerprint density at radius 3 is 2.48 bits per heavy atom. The number of aryl methyl sites for hydroxylation is 1. The third kappa shape index (κ3) is 3.13. The van der Waals surface area contributed by atoms with Crippen LogP contribution in [0.4, 0.5) is 5.69 Å². The highest BCUT2D eigenvalue weighted by Gasteiger charge is 2.26. The Balaban J connectivity index is 1.80. The minimum Gasteiger partial charge on any atom is -0.370 e. The second kappa shape index (κ2) is 6.35. The third-order valence-electron chi connectivity index (χ3n) is 4.69. The Morgan fingerprint density at radius 2 is 1.87 bits per heavy atom. The summed E-state index contributed by atoms with van der Waals surface area (Å²) in [6.45, 7) is 3.43. The van der Waals surface area contributed by atoms with E-state index in [9.17, 15) is 8.42 Å². The quantitative estimate of drug-likeness (QED) is 0.863. The molecule has 23 heavy (non-hydrogen) atoms. The monoisotopic (exact) mass is 333 g/mol. The van der Waals surface area contributed by atoms with E-state index in [1.54, 1.807) is 19.1 Å². The first-order valence-corrected chi connectivity index (χ1v) is 9.73. The highest BCUT2D eigenvalue weighted by Crippen LogP contribution is 2.33. The van der Waals surface area contributed by atoms with Crippen LogP contribution in [0.2, 0.25) is 0 Å². The number of hydrogen-bond donors (Lipinski definition) is 0. The summed E-state index contributed by atoms with van der Waals surface area (Å²) in [7, 11) is -1.22. The van der Waals surface area contributed by atoms with Gasteiger partial charge < -0.3 is 4.90 Å². The van der Waals surface area contributed by atoms with Crippen LogP contribution in [0.3, 0.4) is 0 Å². The molecular weight excluding hydrogens is 310 g/mol. The number of rotatable bonds is 4. The lowest BCUT2D eigenvalue weighted by Crippen LogP contribution is -2.34. The van der Waals surface area contributed by atoms with Crippen molar-refractivity contribution in [1.82, 2.24) is 9.78 Å². The maximum atomic E-state index is 12.3. The number of nitrogens with zero attached hydrogens (tertiary/aromatic N) is 3. The van der Waals surface area contributed by atoms with E-state index in [-0.39, 0.29) is 5.75 Å². The van der Waals surface area contributed by atoms with Gasteiger partial charge in [0, 0.05) is 37.9 Å². The minimum absolute atomic E-state index is 0.134. The number of anilines is 1. The van der Waals surface area contributed by atoms with Crippen LogP contribution in [0, 0.1) is 0 Å². The fourth-order valence-corrected chi connectivity index (χ4v) is 4.45. The molecule has 1 fully saturated rings. The maximum Gasteiger partial charge on any atom is 0.180 e. The Labute approximate surface area is 137 Å². The minimum atomic E-state index is -3.20. The van der Waals surface area contributed by atoms with Crippen molar-refractivity contribution in [2.75, 3.05) is 23.7 Å². The van der Waals surface area contributed by atoms with Gasteiger partial charge in [0.25, 0.3) is 0 Å². The van der Waals surface area contributed by atoms with Gasteiger partial charge in [-0.2, -0.15) is 5.10 Å². The molecule has 6 heteroatoms. The number of benzene rings is 1. The molecule has 3 rings (SSSR count). The third-order valence-corrected chi connectivity index (χ3v) is 6.47. The zero-order valence-electron chi connectivity index (χ0n) is 13.6. The van der Waals surface area contributed by atoms with Crippen molar-refractivity contribution in [1.29, 1.82) is 0 Å². The largest absolute Gasteiger partial charge is 0.370 e. The average molecular weight is 333 g/mol. The van der Waals surface area contributed by atoms with Gasteiger partial charge in [0.05, 0.1) is 16.3 Å². The molecule has 0 unspecified atom stereocenters. The summed E-state index contributed by atoms with van der Waals surface area (Å²) in [5, 5.41) is 4.25. The van der Waals surface area contributed by atoms with Gasteiger partial charge in [-0.05, 0) is 31.0 Å². The molecule has 0 saturated carbocycles. The van der Waals surface area contributed by atoms with Crippen LogP contribution in [-0.4, -0.2) is 37.0 Å². The van der Waals surface area contributed by atoms with Gasteiger partial charge in [0.1, 0.15) is 0 Å². The van der Waals surface area contributed by atoms with E-state index < -0.39 is 9.84 Å². The van der Waals surface area contributed by atoms with Gasteiger partial charge in [0.15, 0.2) is 9.84 Å². The van der Waals surface area contributed by atoms with Crippen molar-refractivity contribution < 1.29 is 8.42 Å². The van der Waals surface area contributed by atoms with Crippen LogP contribution in [0.25, 0.3) is 0 Å². The molecule has 0 spiro atoms. The molecule has 1 aliphatic heterocycles. The average Bonchev–Trinajstić information content (AvgIpc) is 3.01. The molecule has 0 bridgehead atoms. The summed E-state index contributed by atoms with van der Waals surface area (Å²) >= 11 is 0. The summed E-state index contributed by atoms with van der Waals surface area (Å²) in [4.78, 5) is 2.66. The zero-order chi connectivity index (χ0) is 16.4. The first-order valence-electron chi connectivity index (χ1n) is 8.07. The van der Waals surface area contributed by atoms with E-state index in [1.165, 1.54) is 5.69 Å². The van der Waals surface area contributed by atoms with Gasteiger partial charge in [-0.1, -0.05) is 19.1 Å². The Kier molecular flexibility index (Phi) is 4.43. The fraction of sp³-hybridized carbons (Fsp3) is 0.471. The molecule has 5 nitrogen and oxygen atoms in total. The number of hydrogen-bond acceptors (Lipinski definition) is 4. The molecule has 0 aliphatic carbocycles. The van der Waals surface area contributed by atoms with Gasteiger partial charge in [-0.15, -0.1) is 0 Å². The molecule has 1 aliphatic rings. The SMILES string of the molecule is CCS(=O)(=O)c1ccccc1N1CCC(c2ccnn2C)CC1. The summed E-state index contributed by atoms with van der Waals surface area (Å²) in [5.74, 6) is 0.629. The highest BCUT2D eigenvalue weighted by molar-refractivity contribution is 7.91. The van der Waals surface area contributed by atoms with Crippen molar-refractivity contribution in [2.24, 2.45) is 7.05 Å². The highest BCUT2D eigenvalue weighted by atomic mass is 32.2. The number of sulfone groups is 1. The second-order valence-electron chi connectivity index (χ2n) is 6.01. The standard InChI is InChI=1S/C17H23N3O2S/c1-3-23(21,22)17-7-5-4-6-16(17)20-12-9-14(10-13-20)15-8-11-18-19(15)2/h4-8,11,14H,3,9-10,12-13H2,1-2H3. The van der Waals surface area contributed by atoms with E-state index in [2.05, 4.69) is 16.1 Å². The molecule has 1 aromatic heterocycles.